The third kappa shape index (κ3) is 3.60. The van der Waals surface area contributed by atoms with Crippen LogP contribution in [0.1, 0.15) is 26.3 Å². The molecule has 162 valence electrons. The van der Waals surface area contributed by atoms with Crippen LogP contribution in [0.5, 0.6) is 5.75 Å². The first-order chi connectivity index (χ1) is 15.5. The van der Waals surface area contributed by atoms with Crippen LogP contribution >= 0.6 is 0 Å². The fourth-order valence-electron chi connectivity index (χ4n) is 3.82. The van der Waals surface area contributed by atoms with Gasteiger partial charge in [-0.3, -0.25) is 4.79 Å². The number of para-hydroxylation sites is 2. The molecule has 0 saturated heterocycles. The number of esters is 1. The fourth-order valence-corrected chi connectivity index (χ4v) is 3.82. The van der Waals surface area contributed by atoms with E-state index in [2.05, 4.69) is 0 Å². The molecule has 4 rings (SSSR count). The van der Waals surface area contributed by atoms with Crippen LogP contribution in [0.3, 0.4) is 0 Å². The monoisotopic (exact) mass is 428 g/mol. The highest BCUT2D eigenvalue weighted by molar-refractivity contribution is 6.23. The van der Waals surface area contributed by atoms with Crippen LogP contribution in [0, 0.1) is 0 Å². The minimum Gasteiger partial charge on any atom is -0.496 e. The van der Waals surface area contributed by atoms with Crippen molar-refractivity contribution < 1.29 is 19.1 Å². The van der Waals surface area contributed by atoms with Gasteiger partial charge in [0.1, 0.15) is 5.75 Å². The Kier molecular flexibility index (Phi) is 5.69. The number of carbonyl (C=O) groups excluding carboxylic acids is 2. The molecule has 1 aliphatic heterocycles. The maximum Gasteiger partial charge on any atom is 0.339 e. The van der Waals surface area contributed by atoms with Gasteiger partial charge in [-0.1, -0.05) is 24.3 Å². The van der Waals surface area contributed by atoms with Crippen molar-refractivity contribution in [3.05, 3.63) is 89.1 Å². The van der Waals surface area contributed by atoms with E-state index >= 15 is 0 Å². The van der Waals surface area contributed by atoms with Gasteiger partial charge in [-0.25, -0.2) is 4.79 Å². The van der Waals surface area contributed by atoms with Crippen LogP contribution in [0.4, 0.5) is 17.1 Å². The van der Waals surface area contributed by atoms with Crippen LogP contribution in [0.25, 0.3) is 6.08 Å². The molecule has 32 heavy (non-hydrogen) atoms. The zero-order valence-electron chi connectivity index (χ0n) is 18.5. The Morgan fingerprint density at radius 3 is 2.31 bits per heavy atom. The Balaban J connectivity index is 1.93. The second-order valence-corrected chi connectivity index (χ2v) is 7.54. The highest BCUT2D eigenvalue weighted by Crippen LogP contribution is 2.43. The topological polar surface area (TPSA) is 59.1 Å². The molecule has 6 heteroatoms. The molecule has 3 aromatic carbocycles. The molecule has 1 aliphatic rings. The number of ketones is 1. The molecule has 0 N–H and O–H groups in total. The van der Waals surface area contributed by atoms with E-state index in [1.54, 1.807) is 31.4 Å². The molecule has 0 atom stereocenters. The minimum atomic E-state index is -0.468. The van der Waals surface area contributed by atoms with Gasteiger partial charge < -0.3 is 19.3 Å². The number of fused-ring (bicyclic) bond motifs is 1. The Labute approximate surface area is 187 Å². The van der Waals surface area contributed by atoms with E-state index < -0.39 is 5.97 Å². The molecule has 0 unspecified atom stereocenters. The quantitative estimate of drug-likeness (QED) is 0.425. The second-order valence-electron chi connectivity index (χ2n) is 7.54. The summed E-state index contributed by atoms with van der Waals surface area (Å²) in [4.78, 5) is 29.7. The van der Waals surface area contributed by atoms with Crippen LogP contribution in [0.2, 0.25) is 0 Å². The SMILES string of the molecule is COC(=O)c1ccccc1N1/C(=C\c2ccc(N(C)C)cc2OC)C(=O)c2ccccc21. The van der Waals surface area contributed by atoms with Crippen molar-refractivity contribution in [3.63, 3.8) is 0 Å². The molecule has 0 bridgehead atoms. The molecule has 0 aliphatic carbocycles. The molecule has 0 spiro atoms. The van der Waals surface area contributed by atoms with Crippen molar-refractivity contribution >= 4 is 34.9 Å². The van der Waals surface area contributed by atoms with Crippen molar-refractivity contribution in [2.24, 2.45) is 0 Å². The lowest BCUT2D eigenvalue weighted by Gasteiger charge is -2.23. The number of hydrogen-bond donors (Lipinski definition) is 0. The highest BCUT2D eigenvalue weighted by atomic mass is 16.5. The van der Waals surface area contributed by atoms with Crippen LogP contribution < -0.4 is 14.5 Å². The summed E-state index contributed by atoms with van der Waals surface area (Å²) in [6.07, 6.45) is 1.80. The molecule has 0 saturated carbocycles. The zero-order valence-corrected chi connectivity index (χ0v) is 18.5. The average molecular weight is 428 g/mol. The Morgan fingerprint density at radius 1 is 0.938 bits per heavy atom. The molecule has 6 nitrogen and oxygen atoms in total. The standard InChI is InChI=1S/C26H24N2O4/c1-27(2)18-14-13-17(24(16-18)31-3)15-23-25(29)19-9-5-7-11-21(19)28(23)22-12-8-6-10-20(22)26(30)32-4/h5-16H,1-4H3/b23-15-. The molecule has 0 amide bonds. The first-order valence-electron chi connectivity index (χ1n) is 10.1. The van der Waals surface area contributed by atoms with Gasteiger partial charge in [-0.15, -0.1) is 0 Å². The van der Waals surface area contributed by atoms with Crippen molar-refractivity contribution in [1.82, 2.24) is 0 Å². The predicted octanol–water partition coefficient (Wildman–Crippen LogP) is 4.92. The first-order valence-corrected chi connectivity index (χ1v) is 10.1. The van der Waals surface area contributed by atoms with E-state index in [1.807, 2.05) is 72.4 Å². The zero-order chi connectivity index (χ0) is 22.8. The summed E-state index contributed by atoms with van der Waals surface area (Å²) in [7, 11) is 6.85. The molecular weight excluding hydrogens is 404 g/mol. The van der Waals surface area contributed by atoms with E-state index in [1.165, 1.54) is 7.11 Å². The summed E-state index contributed by atoms with van der Waals surface area (Å²) in [5, 5.41) is 0. The second kappa shape index (κ2) is 8.59. The van der Waals surface area contributed by atoms with Gasteiger partial charge in [0.2, 0.25) is 5.78 Å². The van der Waals surface area contributed by atoms with Crippen molar-refractivity contribution in [2.75, 3.05) is 38.1 Å². The Morgan fingerprint density at radius 2 is 1.62 bits per heavy atom. The number of allylic oxidation sites excluding steroid dienone is 1. The highest BCUT2D eigenvalue weighted by Gasteiger charge is 2.35. The largest absolute Gasteiger partial charge is 0.496 e. The van der Waals surface area contributed by atoms with Crippen LogP contribution in [0.15, 0.2) is 72.4 Å². The molecule has 0 aromatic heterocycles. The lowest BCUT2D eigenvalue weighted by molar-refractivity contribution is 0.0601. The van der Waals surface area contributed by atoms with Gasteiger partial charge >= 0.3 is 5.97 Å². The average Bonchev–Trinajstić information content (AvgIpc) is 3.10. The fraction of sp³-hybridized carbons (Fsp3) is 0.154. The summed E-state index contributed by atoms with van der Waals surface area (Å²) in [5.41, 5.74) is 4.41. The minimum absolute atomic E-state index is 0.126. The number of benzene rings is 3. The maximum absolute atomic E-state index is 13.4. The number of anilines is 3. The number of hydrogen-bond acceptors (Lipinski definition) is 6. The molecule has 0 radical (unpaired) electrons. The third-order valence-electron chi connectivity index (χ3n) is 5.44. The number of ether oxygens (including phenoxy) is 2. The van der Waals surface area contributed by atoms with Gasteiger partial charge in [-0.05, 0) is 42.5 Å². The summed E-state index contributed by atoms with van der Waals surface area (Å²) in [6, 6.07) is 20.3. The smallest absolute Gasteiger partial charge is 0.339 e. The van der Waals surface area contributed by atoms with E-state index in [0.717, 1.165) is 11.3 Å². The van der Waals surface area contributed by atoms with E-state index in [4.69, 9.17) is 9.47 Å². The van der Waals surface area contributed by atoms with Gasteiger partial charge in [0.15, 0.2) is 0 Å². The summed E-state index contributed by atoms with van der Waals surface area (Å²) < 4.78 is 10.6. The van der Waals surface area contributed by atoms with Gasteiger partial charge in [0.05, 0.1) is 36.9 Å². The summed E-state index contributed by atoms with van der Waals surface area (Å²) in [5.74, 6) is 0.0531. The summed E-state index contributed by atoms with van der Waals surface area (Å²) >= 11 is 0. The summed E-state index contributed by atoms with van der Waals surface area (Å²) in [6.45, 7) is 0. The van der Waals surface area contributed by atoms with Crippen molar-refractivity contribution in [2.45, 2.75) is 0 Å². The number of methoxy groups -OCH3 is 2. The number of nitrogens with zero attached hydrogens (tertiary/aromatic N) is 2. The molecule has 1 heterocycles. The van der Waals surface area contributed by atoms with Gasteiger partial charge in [0, 0.05) is 37.0 Å². The van der Waals surface area contributed by atoms with Gasteiger partial charge in [0.25, 0.3) is 0 Å². The van der Waals surface area contributed by atoms with Crippen molar-refractivity contribution in [3.8, 4) is 5.75 Å². The number of rotatable bonds is 5. The van der Waals surface area contributed by atoms with E-state index in [-0.39, 0.29) is 5.78 Å². The first kappa shape index (κ1) is 21.2. The number of Topliss-reactive ketones (excluding diaryl/α,β-unsaturated/α-hetero) is 1. The van der Waals surface area contributed by atoms with Crippen LogP contribution in [-0.2, 0) is 4.74 Å². The molecule has 0 fully saturated rings. The maximum atomic E-state index is 13.4. The third-order valence-corrected chi connectivity index (χ3v) is 5.44. The van der Waals surface area contributed by atoms with E-state index in [9.17, 15) is 9.59 Å². The number of carbonyl (C=O) groups is 2. The lowest BCUT2D eigenvalue weighted by atomic mass is 10.1. The normalized spacial score (nSPS) is 13.8. The lowest BCUT2D eigenvalue weighted by Crippen LogP contribution is -2.18. The van der Waals surface area contributed by atoms with Gasteiger partial charge in [-0.2, -0.15) is 0 Å². The van der Waals surface area contributed by atoms with Crippen molar-refractivity contribution in [1.29, 1.82) is 0 Å². The van der Waals surface area contributed by atoms with Crippen LogP contribution in [-0.4, -0.2) is 40.1 Å². The molecule has 3 aromatic rings. The molecular formula is C26H24N2O4. The van der Waals surface area contributed by atoms with E-state index in [0.29, 0.717) is 33.9 Å². The Hall–Kier alpha value is -4.06. The Bertz CT molecular complexity index is 1230. The predicted molar refractivity (Wildman–Crippen MR) is 126 cm³/mol.